The summed E-state index contributed by atoms with van der Waals surface area (Å²) in [7, 11) is 1.38. The second-order valence-electron chi connectivity index (χ2n) is 7.13. The quantitative estimate of drug-likeness (QED) is 0.218. The van der Waals surface area contributed by atoms with Crippen LogP contribution in [0.4, 0.5) is 35.1 Å². The van der Waals surface area contributed by atoms with Gasteiger partial charge in [-0.15, -0.1) is 0 Å². The van der Waals surface area contributed by atoms with E-state index in [2.05, 4.69) is 0 Å². The fourth-order valence-corrected chi connectivity index (χ4v) is 3.51. The lowest BCUT2D eigenvalue weighted by Crippen LogP contribution is -2.09. The Hall–Kier alpha value is -3.82. The maximum Gasteiger partial charge on any atom is 0.205 e. The van der Waals surface area contributed by atoms with Crippen LogP contribution >= 0.6 is 0 Å². The number of hydrogen-bond acceptors (Lipinski definition) is 2. The van der Waals surface area contributed by atoms with Gasteiger partial charge in [-0.05, 0) is 19.1 Å². The van der Waals surface area contributed by atoms with E-state index < -0.39 is 69.0 Å². The fraction of sp³-hybridized carbons (Fsp3) is 0.0833. The van der Waals surface area contributed by atoms with Gasteiger partial charge in [0, 0.05) is 16.3 Å². The van der Waals surface area contributed by atoms with E-state index >= 15 is 0 Å². The lowest BCUT2D eigenvalue weighted by molar-refractivity contribution is 0.368. The highest BCUT2D eigenvalue weighted by Crippen LogP contribution is 2.42. The molecular weight excluding hydrogens is 472 g/mol. The maximum absolute atomic E-state index is 14.8. The predicted molar refractivity (Wildman–Crippen MR) is 107 cm³/mol. The average molecular weight is 484 g/mol. The highest BCUT2D eigenvalue weighted by molar-refractivity contribution is 5.93. The van der Waals surface area contributed by atoms with Crippen molar-refractivity contribution in [2.45, 2.75) is 6.92 Å². The third kappa shape index (κ3) is 3.41. The number of fused-ring (bicyclic) bond motifs is 1. The Bertz CT molecular complexity index is 1410. The molecule has 0 aromatic heterocycles. The van der Waals surface area contributed by atoms with E-state index in [1.165, 1.54) is 31.4 Å². The van der Waals surface area contributed by atoms with Crippen LogP contribution in [0.5, 0.6) is 17.2 Å². The van der Waals surface area contributed by atoms with E-state index in [0.717, 1.165) is 0 Å². The SMILES string of the molecule is COc1cccc2c(Oc3c(F)c(F)c(-c4c(F)c(F)c(C)c(F)c4F)c(F)c3F)cccc12. The number of benzene rings is 4. The molecular formula is C24H12F8O2. The first-order chi connectivity index (χ1) is 16.1. The van der Waals surface area contributed by atoms with Crippen molar-refractivity contribution in [2.24, 2.45) is 0 Å². The molecule has 4 aromatic carbocycles. The molecule has 4 aromatic rings. The van der Waals surface area contributed by atoms with Crippen molar-refractivity contribution in [1.29, 1.82) is 0 Å². The second-order valence-corrected chi connectivity index (χ2v) is 7.13. The van der Waals surface area contributed by atoms with Gasteiger partial charge in [-0.1, -0.05) is 24.3 Å². The molecule has 10 heteroatoms. The Morgan fingerprint density at radius 2 is 0.941 bits per heavy atom. The molecule has 0 unspecified atom stereocenters. The van der Waals surface area contributed by atoms with Gasteiger partial charge in [0.15, 0.2) is 34.9 Å². The van der Waals surface area contributed by atoms with Crippen molar-refractivity contribution in [3.63, 3.8) is 0 Å². The molecule has 0 bridgehead atoms. The first-order valence-corrected chi connectivity index (χ1v) is 9.52. The molecule has 0 N–H and O–H groups in total. The van der Waals surface area contributed by atoms with Crippen molar-refractivity contribution in [1.82, 2.24) is 0 Å². The van der Waals surface area contributed by atoms with Crippen LogP contribution in [0, 0.1) is 53.5 Å². The summed E-state index contributed by atoms with van der Waals surface area (Å²) in [4.78, 5) is 0. The smallest absolute Gasteiger partial charge is 0.205 e. The molecule has 0 fully saturated rings. The first kappa shape index (κ1) is 23.3. The molecule has 0 spiro atoms. The van der Waals surface area contributed by atoms with Gasteiger partial charge in [-0.2, -0.15) is 8.78 Å². The predicted octanol–water partition coefficient (Wildman–Crippen LogP) is 7.73. The van der Waals surface area contributed by atoms with Crippen LogP contribution in [0.1, 0.15) is 5.56 Å². The number of methoxy groups -OCH3 is 1. The zero-order chi connectivity index (χ0) is 24.9. The van der Waals surface area contributed by atoms with E-state index in [1.807, 2.05) is 0 Å². The van der Waals surface area contributed by atoms with Crippen LogP contribution in [0.15, 0.2) is 36.4 Å². The molecule has 176 valence electrons. The fourth-order valence-electron chi connectivity index (χ4n) is 3.51. The van der Waals surface area contributed by atoms with E-state index in [9.17, 15) is 35.1 Å². The molecule has 0 saturated carbocycles. The van der Waals surface area contributed by atoms with Crippen LogP contribution < -0.4 is 9.47 Å². The maximum atomic E-state index is 14.8. The summed E-state index contributed by atoms with van der Waals surface area (Å²) >= 11 is 0. The van der Waals surface area contributed by atoms with Gasteiger partial charge in [0.05, 0.1) is 18.2 Å². The highest BCUT2D eigenvalue weighted by Gasteiger charge is 2.34. The van der Waals surface area contributed by atoms with E-state index in [0.29, 0.717) is 18.1 Å². The molecule has 0 amide bonds. The van der Waals surface area contributed by atoms with Crippen molar-refractivity contribution in [3.05, 3.63) is 88.5 Å². The molecule has 2 nitrogen and oxygen atoms in total. The zero-order valence-corrected chi connectivity index (χ0v) is 17.3. The Morgan fingerprint density at radius 1 is 0.529 bits per heavy atom. The lowest BCUT2D eigenvalue weighted by Gasteiger charge is -2.16. The minimum atomic E-state index is -2.31. The molecule has 0 radical (unpaired) electrons. The van der Waals surface area contributed by atoms with Gasteiger partial charge in [0.25, 0.3) is 0 Å². The summed E-state index contributed by atoms with van der Waals surface area (Å²) in [6, 6.07) is 8.84. The highest BCUT2D eigenvalue weighted by atomic mass is 19.2. The van der Waals surface area contributed by atoms with Crippen LogP contribution in [0.3, 0.4) is 0 Å². The van der Waals surface area contributed by atoms with Crippen LogP contribution in [0.2, 0.25) is 0 Å². The largest absolute Gasteiger partial charge is 0.496 e. The third-order valence-corrected chi connectivity index (χ3v) is 5.23. The summed E-state index contributed by atoms with van der Waals surface area (Å²) in [5.41, 5.74) is -5.02. The number of halogens is 8. The number of rotatable bonds is 4. The molecule has 0 aliphatic rings. The van der Waals surface area contributed by atoms with Gasteiger partial charge < -0.3 is 9.47 Å². The van der Waals surface area contributed by atoms with Crippen LogP contribution in [-0.4, -0.2) is 7.11 Å². The normalized spacial score (nSPS) is 11.2. The Labute approximate surface area is 187 Å². The van der Waals surface area contributed by atoms with Gasteiger partial charge in [-0.3, -0.25) is 0 Å². The number of ether oxygens (including phenoxy) is 2. The summed E-state index contributed by atoms with van der Waals surface area (Å²) in [6.45, 7) is 0.671. The van der Waals surface area contributed by atoms with Crippen molar-refractivity contribution < 1.29 is 44.6 Å². The Morgan fingerprint density at radius 3 is 1.41 bits per heavy atom. The van der Waals surface area contributed by atoms with Crippen molar-refractivity contribution >= 4 is 10.8 Å². The molecule has 0 atom stereocenters. The van der Waals surface area contributed by atoms with Gasteiger partial charge in [0.2, 0.25) is 17.4 Å². The number of hydrogen-bond donors (Lipinski definition) is 0. The molecule has 0 saturated heterocycles. The van der Waals surface area contributed by atoms with Gasteiger partial charge in [-0.25, -0.2) is 26.3 Å². The second kappa shape index (κ2) is 8.51. The molecule has 0 heterocycles. The van der Waals surface area contributed by atoms with E-state index in [1.54, 1.807) is 12.1 Å². The summed E-state index contributed by atoms with van der Waals surface area (Å²) in [5, 5.41) is 0.695. The van der Waals surface area contributed by atoms with Gasteiger partial charge >= 0.3 is 0 Å². The van der Waals surface area contributed by atoms with Crippen molar-refractivity contribution in [2.75, 3.05) is 7.11 Å². The monoisotopic (exact) mass is 484 g/mol. The Balaban J connectivity index is 1.94. The minimum absolute atomic E-state index is 0.231. The van der Waals surface area contributed by atoms with Gasteiger partial charge in [0.1, 0.15) is 11.5 Å². The van der Waals surface area contributed by atoms with Crippen LogP contribution in [0.25, 0.3) is 21.9 Å². The van der Waals surface area contributed by atoms with E-state index in [4.69, 9.17) is 9.47 Å². The van der Waals surface area contributed by atoms with Crippen LogP contribution in [-0.2, 0) is 0 Å². The summed E-state index contributed by atoms with van der Waals surface area (Å²) in [5.74, 6) is -18.8. The minimum Gasteiger partial charge on any atom is -0.496 e. The lowest BCUT2D eigenvalue weighted by atomic mass is 9.99. The molecule has 0 aliphatic heterocycles. The standard InChI is InChI=1S/C24H12F8O2/c1-9-16(25)18(27)14(19(28)17(9)26)15-20(29)22(31)24(23(32)21(15)30)34-13-8-4-5-10-11(13)6-3-7-12(10)33-2/h3-8H,1-2H3. The summed E-state index contributed by atoms with van der Waals surface area (Å²) < 4.78 is 126. The molecule has 4 rings (SSSR count). The van der Waals surface area contributed by atoms with E-state index in [-0.39, 0.29) is 11.1 Å². The van der Waals surface area contributed by atoms with Crippen molar-refractivity contribution in [3.8, 4) is 28.4 Å². The molecule has 0 aliphatic carbocycles. The molecule has 34 heavy (non-hydrogen) atoms. The third-order valence-electron chi connectivity index (χ3n) is 5.23. The summed E-state index contributed by atoms with van der Waals surface area (Å²) in [6.07, 6.45) is 0. The topological polar surface area (TPSA) is 18.5 Å². The average Bonchev–Trinajstić information content (AvgIpc) is 2.84. The Kier molecular flexibility index (Phi) is 5.84. The zero-order valence-electron chi connectivity index (χ0n) is 17.3. The first-order valence-electron chi connectivity index (χ1n) is 9.52.